The van der Waals surface area contributed by atoms with Crippen LogP contribution in [0.15, 0.2) is 18.2 Å². The van der Waals surface area contributed by atoms with E-state index in [1.165, 1.54) is 0 Å². The summed E-state index contributed by atoms with van der Waals surface area (Å²) in [5.41, 5.74) is 6.75. The van der Waals surface area contributed by atoms with Crippen molar-refractivity contribution in [2.24, 2.45) is 5.73 Å². The number of ketones is 1. The first-order chi connectivity index (χ1) is 7.21. The molecule has 4 heteroatoms. The second-order valence-electron chi connectivity index (χ2n) is 3.13. The molecule has 0 aliphatic carbocycles. The van der Waals surface area contributed by atoms with Crippen LogP contribution in [-0.2, 0) is 11.3 Å². The van der Waals surface area contributed by atoms with Crippen molar-refractivity contribution in [2.75, 3.05) is 20.8 Å². The van der Waals surface area contributed by atoms with Crippen LogP contribution in [-0.4, -0.2) is 26.5 Å². The van der Waals surface area contributed by atoms with Gasteiger partial charge in [0.2, 0.25) is 0 Å². The van der Waals surface area contributed by atoms with Crippen molar-refractivity contribution in [1.82, 2.24) is 0 Å². The Kier molecular flexibility index (Phi) is 4.27. The number of hydrogen-bond donors (Lipinski definition) is 1. The minimum absolute atomic E-state index is 0.000407. The number of methoxy groups -OCH3 is 2. The molecule has 1 rings (SSSR count). The summed E-state index contributed by atoms with van der Waals surface area (Å²) in [6.07, 6.45) is 0. The second kappa shape index (κ2) is 5.48. The van der Waals surface area contributed by atoms with Crippen LogP contribution in [0.2, 0.25) is 0 Å². The molecule has 0 fully saturated rings. The molecule has 1 aromatic rings. The van der Waals surface area contributed by atoms with Crippen molar-refractivity contribution in [3.05, 3.63) is 29.3 Å². The van der Waals surface area contributed by atoms with E-state index in [1.807, 2.05) is 6.07 Å². The van der Waals surface area contributed by atoms with Gasteiger partial charge >= 0.3 is 0 Å². The Labute approximate surface area is 89.0 Å². The first-order valence-electron chi connectivity index (χ1n) is 4.61. The van der Waals surface area contributed by atoms with Gasteiger partial charge in [-0.25, -0.2) is 0 Å². The van der Waals surface area contributed by atoms with Crippen molar-refractivity contribution in [3.8, 4) is 5.75 Å². The molecule has 0 aromatic heterocycles. The summed E-state index contributed by atoms with van der Waals surface area (Å²) in [7, 11) is 3.16. The lowest BCUT2D eigenvalue weighted by Crippen LogP contribution is -2.14. The van der Waals surface area contributed by atoms with Gasteiger partial charge < -0.3 is 15.2 Å². The van der Waals surface area contributed by atoms with Crippen LogP contribution in [0.5, 0.6) is 5.75 Å². The Morgan fingerprint density at radius 3 is 2.60 bits per heavy atom. The number of hydrogen-bond acceptors (Lipinski definition) is 4. The number of rotatable bonds is 5. The number of benzene rings is 1. The summed E-state index contributed by atoms with van der Waals surface area (Å²) in [5, 5.41) is 0. The van der Waals surface area contributed by atoms with Crippen molar-refractivity contribution in [2.45, 2.75) is 6.61 Å². The molecular weight excluding hydrogens is 194 g/mol. The van der Waals surface area contributed by atoms with Crippen molar-refractivity contribution in [1.29, 1.82) is 0 Å². The van der Waals surface area contributed by atoms with Crippen molar-refractivity contribution in [3.63, 3.8) is 0 Å². The van der Waals surface area contributed by atoms with E-state index in [9.17, 15) is 4.79 Å². The van der Waals surface area contributed by atoms with Gasteiger partial charge in [-0.05, 0) is 23.8 Å². The SMILES string of the molecule is COCc1cc(OC)cc(C(=O)CN)c1. The number of ether oxygens (including phenoxy) is 2. The lowest BCUT2D eigenvalue weighted by molar-refractivity contribution is 0.100. The molecule has 0 radical (unpaired) electrons. The number of carbonyl (C=O) groups is 1. The maximum absolute atomic E-state index is 11.4. The van der Waals surface area contributed by atoms with Gasteiger partial charge in [0.25, 0.3) is 0 Å². The predicted molar refractivity (Wildman–Crippen MR) is 57.1 cm³/mol. The first kappa shape index (κ1) is 11.7. The Hall–Kier alpha value is -1.39. The summed E-state index contributed by atoms with van der Waals surface area (Å²) in [6, 6.07) is 5.27. The Morgan fingerprint density at radius 2 is 2.07 bits per heavy atom. The third kappa shape index (κ3) is 3.04. The quantitative estimate of drug-likeness (QED) is 0.734. The van der Waals surface area contributed by atoms with Crippen LogP contribution in [0.3, 0.4) is 0 Å². The molecule has 0 aliphatic heterocycles. The normalized spacial score (nSPS) is 10.1. The number of nitrogens with two attached hydrogens (primary N) is 1. The molecule has 0 amide bonds. The van der Waals surface area contributed by atoms with Gasteiger partial charge in [0, 0.05) is 12.7 Å². The zero-order valence-corrected chi connectivity index (χ0v) is 8.95. The molecule has 1 aromatic carbocycles. The van der Waals surface area contributed by atoms with Gasteiger partial charge in [0.15, 0.2) is 5.78 Å². The molecule has 2 N–H and O–H groups in total. The summed E-state index contributed by atoms with van der Waals surface area (Å²) >= 11 is 0. The van der Waals surface area contributed by atoms with Crippen LogP contribution >= 0.6 is 0 Å². The third-order valence-electron chi connectivity index (χ3n) is 2.02. The zero-order valence-electron chi connectivity index (χ0n) is 8.95. The zero-order chi connectivity index (χ0) is 11.3. The molecule has 82 valence electrons. The first-order valence-corrected chi connectivity index (χ1v) is 4.61. The topological polar surface area (TPSA) is 61.5 Å². The molecular formula is C11H15NO3. The fraction of sp³-hybridized carbons (Fsp3) is 0.364. The van der Waals surface area contributed by atoms with Crippen LogP contribution in [0.25, 0.3) is 0 Å². The predicted octanol–water partition coefficient (Wildman–Crippen LogP) is 0.983. The molecule has 0 unspecified atom stereocenters. The highest BCUT2D eigenvalue weighted by atomic mass is 16.5. The minimum Gasteiger partial charge on any atom is -0.497 e. The van der Waals surface area contributed by atoms with Crippen LogP contribution in [0.4, 0.5) is 0 Å². The van der Waals surface area contributed by atoms with Crippen LogP contribution in [0, 0.1) is 0 Å². The summed E-state index contributed by atoms with van der Waals surface area (Å²) in [6.45, 7) is 0.446. The van der Waals surface area contributed by atoms with Crippen molar-refractivity contribution < 1.29 is 14.3 Å². The Balaban J connectivity index is 3.05. The number of Topliss-reactive ketones (excluding diaryl/α,β-unsaturated/α-hetero) is 1. The lowest BCUT2D eigenvalue weighted by Gasteiger charge is -2.07. The van der Waals surface area contributed by atoms with Crippen LogP contribution < -0.4 is 10.5 Å². The van der Waals surface area contributed by atoms with Gasteiger partial charge in [-0.1, -0.05) is 0 Å². The van der Waals surface area contributed by atoms with Gasteiger partial charge in [0.1, 0.15) is 5.75 Å². The van der Waals surface area contributed by atoms with E-state index in [4.69, 9.17) is 15.2 Å². The van der Waals surface area contributed by atoms with Gasteiger partial charge in [-0.15, -0.1) is 0 Å². The smallest absolute Gasteiger partial charge is 0.176 e. The van der Waals surface area contributed by atoms with E-state index in [2.05, 4.69) is 0 Å². The van der Waals surface area contributed by atoms with Gasteiger partial charge in [-0.2, -0.15) is 0 Å². The Morgan fingerprint density at radius 1 is 1.33 bits per heavy atom. The second-order valence-corrected chi connectivity index (χ2v) is 3.13. The van der Waals surface area contributed by atoms with E-state index < -0.39 is 0 Å². The van der Waals surface area contributed by atoms with Crippen molar-refractivity contribution >= 4 is 5.78 Å². The van der Waals surface area contributed by atoms with E-state index >= 15 is 0 Å². The molecule has 0 atom stereocenters. The standard InChI is InChI=1S/C11H15NO3/c1-14-7-8-3-9(11(13)6-12)5-10(4-8)15-2/h3-5H,6-7,12H2,1-2H3. The molecule has 0 aliphatic rings. The highest BCUT2D eigenvalue weighted by Gasteiger charge is 2.07. The monoisotopic (exact) mass is 209 g/mol. The highest BCUT2D eigenvalue weighted by molar-refractivity contribution is 5.98. The molecule has 15 heavy (non-hydrogen) atoms. The molecule has 0 saturated heterocycles. The van der Waals surface area contributed by atoms with E-state index in [1.54, 1.807) is 26.4 Å². The summed E-state index contributed by atoms with van der Waals surface area (Å²) in [5.74, 6) is 0.535. The minimum atomic E-state index is -0.105. The van der Waals surface area contributed by atoms with Gasteiger partial charge in [-0.3, -0.25) is 4.79 Å². The van der Waals surface area contributed by atoms with E-state index in [0.29, 0.717) is 17.9 Å². The average Bonchev–Trinajstić information content (AvgIpc) is 2.28. The summed E-state index contributed by atoms with van der Waals surface area (Å²) in [4.78, 5) is 11.4. The van der Waals surface area contributed by atoms with Crippen LogP contribution in [0.1, 0.15) is 15.9 Å². The maximum Gasteiger partial charge on any atom is 0.176 e. The molecule has 4 nitrogen and oxygen atoms in total. The third-order valence-corrected chi connectivity index (χ3v) is 2.02. The lowest BCUT2D eigenvalue weighted by atomic mass is 10.1. The van der Waals surface area contributed by atoms with E-state index in [0.717, 1.165) is 5.56 Å². The fourth-order valence-corrected chi connectivity index (χ4v) is 1.31. The molecule has 0 bridgehead atoms. The fourth-order valence-electron chi connectivity index (χ4n) is 1.31. The van der Waals surface area contributed by atoms with E-state index in [-0.39, 0.29) is 12.3 Å². The maximum atomic E-state index is 11.4. The average molecular weight is 209 g/mol. The molecule has 0 heterocycles. The largest absolute Gasteiger partial charge is 0.497 e. The van der Waals surface area contributed by atoms with Gasteiger partial charge in [0.05, 0.1) is 20.3 Å². The number of carbonyl (C=O) groups excluding carboxylic acids is 1. The highest BCUT2D eigenvalue weighted by Crippen LogP contribution is 2.17. The Bertz CT molecular complexity index is 350. The molecule has 0 spiro atoms. The summed E-state index contributed by atoms with van der Waals surface area (Å²) < 4.78 is 10.1. The molecule has 0 saturated carbocycles.